The maximum Gasteiger partial charge on any atom is 0.145 e. The summed E-state index contributed by atoms with van der Waals surface area (Å²) in [5.74, 6) is 0. The van der Waals surface area contributed by atoms with Gasteiger partial charge in [0, 0.05) is 52.8 Å². The Bertz CT molecular complexity index is 1660. The molecule has 2 fully saturated rings. The monoisotopic (exact) mass is 500 g/mol. The van der Waals surface area contributed by atoms with Crippen LogP contribution in [0.5, 0.6) is 0 Å². The summed E-state index contributed by atoms with van der Waals surface area (Å²) >= 11 is 0. The molecule has 1 aromatic heterocycles. The van der Waals surface area contributed by atoms with E-state index in [4.69, 9.17) is 4.42 Å². The molecule has 1 unspecified atom stereocenters. The zero-order valence-electron chi connectivity index (χ0n) is 21.8. The highest BCUT2D eigenvalue weighted by Crippen LogP contribution is 2.51. The fraction of sp³-hybridized carbons (Fsp3) is 0.294. The molecule has 1 spiro atoms. The van der Waals surface area contributed by atoms with Gasteiger partial charge in [-0.1, -0.05) is 24.8 Å². The third-order valence-corrected chi connectivity index (χ3v) is 9.57. The third kappa shape index (κ3) is 3.17. The normalized spacial score (nSPS) is 25.3. The molecule has 4 aromatic rings. The topological polar surface area (TPSA) is 37.2 Å². The number of nitrogens with zero attached hydrogens (tertiary/aromatic N) is 1. The molecular formula is C34H34N3O+. The number of quaternary nitrogens is 1. The van der Waals surface area contributed by atoms with E-state index in [2.05, 4.69) is 65.7 Å². The van der Waals surface area contributed by atoms with Crippen molar-refractivity contribution in [3.63, 3.8) is 0 Å². The van der Waals surface area contributed by atoms with Crippen LogP contribution in [0.3, 0.4) is 0 Å². The van der Waals surface area contributed by atoms with Crippen LogP contribution in [0.2, 0.25) is 0 Å². The molecule has 0 radical (unpaired) electrons. The van der Waals surface area contributed by atoms with Crippen LogP contribution in [0, 0.1) is 0 Å². The number of nitrogens with one attached hydrogen (secondary N) is 2. The van der Waals surface area contributed by atoms with Gasteiger partial charge >= 0.3 is 0 Å². The minimum Gasteiger partial charge on any atom is -0.455 e. The van der Waals surface area contributed by atoms with Gasteiger partial charge < -0.3 is 15.1 Å². The van der Waals surface area contributed by atoms with Crippen LogP contribution in [0.15, 0.2) is 84.0 Å². The highest BCUT2D eigenvalue weighted by molar-refractivity contribution is 6.11. The summed E-state index contributed by atoms with van der Waals surface area (Å²) in [6.07, 6.45) is 14.8. The second kappa shape index (κ2) is 8.45. The smallest absolute Gasteiger partial charge is 0.145 e. The summed E-state index contributed by atoms with van der Waals surface area (Å²) in [7, 11) is 0. The van der Waals surface area contributed by atoms with E-state index in [9.17, 15) is 0 Å². The number of fused-ring (bicyclic) bond motifs is 10. The maximum absolute atomic E-state index is 6.45. The fourth-order valence-electron chi connectivity index (χ4n) is 7.84. The highest BCUT2D eigenvalue weighted by Gasteiger charge is 2.54. The molecule has 4 aliphatic rings. The van der Waals surface area contributed by atoms with E-state index < -0.39 is 0 Å². The highest BCUT2D eigenvalue weighted by atomic mass is 16.3. The molecule has 0 amide bonds. The van der Waals surface area contributed by atoms with Gasteiger partial charge in [0.15, 0.2) is 0 Å². The molecule has 38 heavy (non-hydrogen) atoms. The van der Waals surface area contributed by atoms with Gasteiger partial charge in [0.2, 0.25) is 0 Å². The Labute approximate surface area is 223 Å². The van der Waals surface area contributed by atoms with E-state index in [1.165, 1.54) is 66.4 Å². The van der Waals surface area contributed by atoms with Gasteiger partial charge in [0.05, 0.1) is 19.1 Å². The van der Waals surface area contributed by atoms with E-state index >= 15 is 0 Å². The Morgan fingerprint density at radius 2 is 1.71 bits per heavy atom. The molecule has 0 aliphatic carbocycles. The lowest BCUT2D eigenvalue weighted by molar-refractivity contribution is 0.215. The summed E-state index contributed by atoms with van der Waals surface area (Å²) in [5.41, 5.74) is 10.5. The zero-order chi connectivity index (χ0) is 25.3. The van der Waals surface area contributed by atoms with E-state index in [1.54, 1.807) is 5.69 Å². The van der Waals surface area contributed by atoms with Crippen LogP contribution >= 0.6 is 0 Å². The van der Waals surface area contributed by atoms with Crippen molar-refractivity contribution < 1.29 is 4.42 Å². The Hall–Kier alpha value is -3.60. The van der Waals surface area contributed by atoms with Gasteiger partial charge in [-0.05, 0) is 84.9 Å². The van der Waals surface area contributed by atoms with Crippen LogP contribution in [-0.2, 0) is 0 Å². The molecule has 3 aromatic carbocycles. The molecule has 4 aliphatic heterocycles. The van der Waals surface area contributed by atoms with Crippen molar-refractivity contribution in [3.8, 4) is 11.1 Å². The Morgan fingerprint density at radius 3 is 2.61 bits per heavy atom. The Kier molecular flexibility index (Phi) is 4.98. The van der Waals surface area contributed by atoms with E-state index in [1.807, 2.05) is 24.4 Å². The van der Waals surface area contributed by atoms with Crippen molar-refractivity contribution in [1.82, 2.24) is 9.80 Å². The van der Waals surface area contributed by atoms with Crippen molar-refractivity contribution >= 4 is 38.9 Å². The molecule has 8 rings (SSSR count). The van der Waals surface area contributed by atoms with Crippen molar-refractivity contribution in [2.45, 2.75) is 44.2 Å². The number of anilines is 1. The molecule has 190 valence electrons. The standard InChI is InChI=1S/C34H34N3O/c1-22-8-4-5-16-35-28-12-11-25-26-20-24(10-14-31(26)38-34(25)32(22)28)23-9-13-29-27(21-23)33-30(15-17-36-33)37(29)18-6-2-3-7-19-37/h4-5,8-14,16,20-21,30,33,35-36H,1-3,6-7,15,17-19H2/q+1/b8-4-,16-5-/t30?,33-/m0/s1. The summed E-state index contributed by atoms with van der Waals surface area (Å²) in [6.45, 7) is 8.06. The molecule has 2 saturated heterocycles. The first-order valence-corrected chi connectivity index (χ1v) is 14.3. The van der Waals surface area contributed by atoms with Gasteiger partial charge in [-0.2, -0.15) is 0 Å². The van der Waals surface area contributed by atoms with Crippen molar-refractivity contribution in [2.75, 3.05) is 25.0 Å². The second-order valence-corrected chi connectivity index (χ2v) is 11.5. The van der Waals surface area contributed by atoms with Gasteiger partial charge in [-0.3, -0.25) is 4.48 Å². The first-order valence-electron chi connectivity index (χ1n) is 14.3. The molecule has 0 bridgehead atoms. The SMILES string of the molecule is C=C1/C=C\C=C/Nc2ccc3c(oc4ccc(-c5ccc6c(c5)[C@@H]5NCCC5[N+]65CCCCCC5)cc43)c21. The average Bonchev–Trinajstić information content (AvgIpc) is 3.55. The number of hydrogen-bond acceptors (Lipinski definition) is 3. The van der Waals surface area contributed by atoms with Crippen LogP contribution in [0.1, 0.15) is 49.3 Å². The Balaban J connectivity index is 1.25. The number of allylic oxidation sites excluding steroid dienone is 4. The molecule has 5 heterocycles. The summed E-state index contributed by atoms with van der Waals surface area (Å²) < 4.78 is 7.67. The molecule has 2 atom stereocenters. The van der Waals surface area contributed by atoms with Crippen molar-refractivity contribution in [1.29, 1.82) is 0 Å². The van der Waals surface area contributed by atoms with Gasteiger partial charge in [0.1, 0.15) is 22.9 Å². The van der Waals surface area contributed by atoms with Gasteiger partial charge in [0.25, 0.3) is 0 Å². The van der Waals surface area contributed by atoms with Crippen LogP contribution in [0.4, 0.5) is 11.4 Å². The molecule has 0 saturated carbocycles. The summed E-state index contributed by atoms with van der Waals surface area (Å²) in [6, 6.07) is 19.5. The minimum atomic E-state index is 0.488. The summed E-state index contributed by atoms with van der Waals surface area (Å²) in [5, 5.41) is 9.55. The Morgan fingerprint density at radius 1 is 0.868 bits per heavy atom. The van der Waals surface area contributed by atoms with Crippen LogP contribution in [-0.4, -0.2) is 25.7 Å². The average molecular weight is 501 g/mol. The van der Waals surface area contributed by atoms with Crippen LogP contribution < -0.4 is 15.1 Å². The van der Waals surface area contributed by atoms with E-state index in [0.29, 0.717) is 12.1 Å². The first kappa shape index (κ1) is 22.4. The summed E-state index contributed by atoms with van der Waals surface area (Å²) in [4.78, 5) is 0. The van der Waals surface area contributed by atoms with E-state index in [-0.39, 0.29) is 0 Å². The first-order chi connectivity index (χ1) is 18.7. The van der Waals surface area contributed by atoms with Crippen LogP contribution in [0.25, 0.3) is 38.6 Å². The fourth-order valence-corrected chi connectivity index (χ4v) is 7.84. The lowest BCUT2D eigenvalue weighted by Gasteiger charge is -2.39. The lowest BCUT2D eigenvalue weighted by Crippen LogP contribution is -2.55. The number of hydrogen-bond donors (Lipinski definition) is 2. The molecule has 4 heteroatoms. The lowest BCUT2D eigenvalue weighted by atomic mass is 9.96. The quantitative estimate of drug-likeness (QED) is 0.260. The van der Waals surface area contributed by atoms with Crippen molar-refractivity contribution in [3.05, 3.63) is 90.7 Å². The maximum atomic E-state index is 6.45. The van der Waals surface area contributed by atoms with E-state index in [0.717, 1.165) is 45.3 Å². The number of rotatable bonds is 1. The second-order valence-electron chi connectivity index (χ2n) is 11.5. The molecular weight excluding hydrogens is 466 g/mol. The van der Waals surface area contributed by atoms with Crippen molar-refractivity contribution in [2.24, 2.45) is 0 Å². The zero-order valence-corrected chi connectivity index (χ0v) is 21.8. The van der Waals surface area contributed by atoms with Gasteiger partial charge in [-0.15, -0.1) is 0 Å². The predicted octanol–water partition coefficient (Wildman–Crippen LogP) is 8.06. The molecule has 4 nitrogen and oxygen atoms in total. The minimum absolute atomic E-state index is 0.488. The largest absolute Gasteiger partial charge is 0.455 e. The number of furan rings is 1. The third-order valence-electron chi connectivity index (χ3n) is 9.57. The number of benzene rings is 3. The molecule has 2 N–H and O–H groups in total. The predicted molar refractivity (Wildman–Crippen MR) is 159 cm³/mol. The van der Waals surface area contributed by atoms with Gasteiger partial charge in [-0.25, -0.2) is 0 Å².